The maximum atomic E-state index is 10.1. The summed E-state index contributed by atoms with van der Waals surface area (Å²) in [4.78, 5) is 4.73. The van der Waals surface area contributed by atoms with E-state index in [1.165, 1.54) is 18.5 Å². The summed E-state index contributed by atoms with van der Waals surface area (Å²) in [5.74, 6) is 0. The Morgan fingerprint density at radius 1 is 1.14 bits per heavy atom. The summed E-state index contributed by atoms with van der Waals surface area (Å²) in [6, 6.07) is 8.70. The second-order valence-corrected chi connectivity index (χ2v) is 6.54. The fraction of sp³-hybridized carbons (Fsp3) is 0.625. The van der Waals surface area contributed by atoms with Gasteiger partial charge in [0.2, 0.25) is 0 Å². The third kappa shape index (κ3) is 4.58. The highest BCUT2D eigenvalue weighted by molar-refractivity contribution is 6.30. The second kappa shape index (κ2) is 6.97. The number of rotatable bonds is 6. The molecule has 1 heterocycles. The second-order valence-electron chi connectivity index (χ2n) is 6.10. The van der Waals surface area contributed by atoms with E-state index < -0.39 is 0 Å². The van der Waals surface area contributed by atoms with E-state index in [2.05, 4.69) is 27.2 Å². The van der Waals surface area contributed by atoms with E-state index >= 15 is 0 Å². The van der Waals surface area contributed by atoms with E-state index in [0.29, 0.717) is 6.04 Å². The molecule has 2 fully saturated rings. The molecule has 0 radical (unpaired) electrons. The molecule has 21 heavy (non-hydrogen) atoms. The molecule has 1 aromatic carbocycles. The van der Waals surface area contributed by atoms with Crippen LogP contribution >= 0.6 is 11.6 Å². The van der Waals surface area contributed by atoms with Gasteiger partial charge in [-0.2, -0.15) is 0 Å². The van der Waals surface area contributed by atoms with E-state index in [-0.39, 0.29) is 6.10 Å². The maximum absolute atomic E-state index is 10.1. The van der Waals surface area contributed by atoms with Crippen LogP contribution in [0.25, 0.3) is 0 Å². The van der Waals surface area contributed by atoms with Gasteiger partial charge in [0.25, 0.3) is 0 Å². The monoisotopic (exact) mass is 309 g/mol. The first-order valence-electron chi connectivity index (χ1n) is 7.85. The van der Waals surface area contributed by atoms with Crippen LogP contribution in [0, 0.1) is 0 Å². The van der Waals surface area contributed by atoms with Crippen molar-refractivity contribution in [3.63, 3.8) is 0 Å². The summed E-state index contributed by atoms with van der Waals surface area (Å²) in [7, 11) is 0. The van der Waals surface area contributed by atoms with E-state index in [1.54, 1.807) is 0 Å². The predicted molar refractivity (Wildman–Crippen MR) is 87.1 cm³/mol. The van der Waals surface area contributed by atoms with Crippen LogP contribution in [0.5, 0.6) is 0 Å². The minimum Gasteiger partial charge on any atom is -0.390 e. The van der Waals surface area contributed by atoms with Gasteiger partial charge in [0.15, 0.2) is 0 Å². The molecule has 2 aliphatic rings. The van der Waals surface area contributed by atoms with E-state index in [9.17, 15) is 5.11 Å². The summed E-state index contributed by atoms with van der Waals surface area (Å²) >= 11 is 5.93. The molecule has 3 rings (SSSR count). The van der Waals surface area contributed by atoms with Crippen molar-refractivity contribution in [2.24, 2.45) is 0 Å². The van der Waals surface area contributed by atoms with E-state index in [1.807, 2.05) is 12.1 Å². The lowest BCUT2D eigenvalue weighted by molar-refractivity contribution is 0.107. The molecular formula is C16H24ClN3O. The van der Waals surface area contributed by atoms with Gasteiger partial charge < -0.3 is 15.3 Å². The molecule has 5 heteroatoms. The molecule has 1 saturated heterocycles. The van der Waals surface area contributed by atoms with Gasteiger partial charge in [-0.3, -0.25) is 4.90 Å². The van der Waals surface area contributed by atoms with Gasteiger partial charge in [0, 0.05) is 56.0 Å². The summed E-state index contributed by atoms with van der Waals surface area (Å²) in [6.45, 7) is 5.51. The van der Waals surface area contributed by atoms with Crippen LogP contribution in [0.2, 0.25) is 5.02 Å². The third-order valence-corrected chi connectivity index (χ3v) is 4.50. The first-order chi connectivity index (χ1) is 10.2. The van der Waals surface area contributed by atoms with Crippen LogP contribution in [-0.2, 0) is 0 Å². The Hall–Kier alpha value is -0.810. The Labute approximate surface area is 131 Å². The number of anilines is 1. The number of piperazine rings is 1. The van der Waals surface area contributed by atoms with Crippen LogP contribution in [0.15, 0.2) is 24.3 Å². The third-order valence-electron chi connectivity index (χ3n) is 4.25. The van der Waals surface area contributed by atoms with Crippen LogP contribution in [0.4, 0.5) is 5.69 Å². The molecule has 0 bridgehead atoms. The fourth-order valence-corrected chi connectivity index (χ4v) is 2.92. The molecule has 0 spiro atoms. The van der Waals surface area contributed by atoms with E-state index in [0.717, 1.165) is 44.3 Å². The number of aliphatic hydroxyl groups excluding tert-OH is 1. The van der Waals surface area contributed by atoms with Gasteiger partial charge in [-0.05, 0) is 37.1 Å². The molecule has 0 amide bonds. The number of benzene rings is 1. The Morgan fingerprint density at radius 2 is 1.81 bits per heavy atom. The zero-order valence-corrected chi connectivity index (χ0v) is 13.1. The van der Waals surface area contributed by atoms with Crippen molar-refractivity contribution < 1.29 is 5.11 Å². The van der Waals surface area contributed by atoms with Gasteiger partial charge in [-0.15, -0.1) is 0 Å². The zero-order chi connectivity index (χ0) is 14.7. The molecule has 1 aromatic rings. The number of hydrogen-bond donors (Lipinski definition) is 2. The molecule has 2 N–H and O–H groups in total. The number of aliphatic hydroxyl groups is 1. The van der Waals surface area contributed by atoms with Crippen LogP contribution in [-0.4, -0.2) is 61.4 Å². The Bertz CT molecular complexity index is 441. The molecule has 4 nitrogen and oxygen atoms in total. The van der Waals surface area contributed by atoms with Crippen molar-refractivity contribution >= 4 is 17.3 Å². The van der Waals surface area contributed by atoms with Crippen molar-refractivity contribution in [1.29, 1.82) is 0 Å². The minimum absolute atomic E-state index is 0.257. The lowest BCUT2D eigenvalue weighted by Crippen LogP contribution is -2.49. The van der Waals surface area contributed by atoms with Crippen LogP contribution < -0.4 is 10.2 Å². The zero-order valence-electron chi connectivity index (χ0n) is 12.3. The lowest BCUT2D eigenvalue weighted by atomic mass is 10.2. The maximum Gasteiger partial charge on any atom is 0.0791 e. The van der Waals surface area contributed by atoms with Gasteiger partial charge in [0.1, 0.15) is 0 Å². The van der Waals surface area contributed by atoms with Crippen molar-refractivity contribution in [3.8, 4) is 0 Å². The number of β-amino-alcohol motifs (C(OH)–C–C–N with tert-alkyl or cyclic N) is 1. The highest BCUT2D eigenvalue weighted by Crippen LogP contribution is 2.20. The molecule has 1 atom stereocenters. The summed E-state index contributed by atoms with van der Waals surface area (Å²) in [5.41, 5.74) is 1.23. The lowest BCUT2D eigenvalue weighted by Gasteiger charge is -2.37. The summed E-state index contributed by atoms with van der Waals surface area (Å²) in [6.07, 6.45) is 2.28. The average Bonchev–Trinajstić information content (AvgIpc) is 3.31. The molecule has 0 aromatic heterocycles. The highest BCUT2D eigenvalue weighted by Gasteiger charge is 2.23. The topological polar surface area (TPSA) is 38.7 Å². The fourth-order valence-electron chi connectivity index (χ4n) is 2.79. The molecule has 1 unspecified atom stereocenters. The minimum atomic E-state index is -0.257. The van der Waals surface area contributed by atoms with Crippen molar-refractivity contribution in [2.45, 2.75) is 25.0 Å². The summed E-state index contributed by atoms with van der Waals surface area (Å²) < 4.78 is 0. The smallest absolute Gasteiger partial charge is 0.0791 e. The SMILES string of the molecule is OC(CNC1CC1)CN1CCN(c2ccc(Cl)cc2)CC1. The Kier molecular flexibility index (Phi) is 5.01. The highest BCUT2D eigenvalue weighted by atomic mass is 35.5. The number of halogens is 1. The van der Waals surface area contributed by atoms with Crippen molar-refractivity contribution in [3.05, 3.63) is 29.3 Å². The molecule has 116 valence electrons. The normalized spacial score (nSPS) is 21.5. The number of nitrogens with one attached hydrogen (secondary N) is 1. The van der Waals surface area contributed by atoms with Gasteiger partial charge >= 0.3 is 0 Å². The number of hydrogen-bond acceptors (Lipinski definition) is 4. The average molecular weight is 310 g/mol. The van der Waals surface area contributed by atoms with Crippen molar-refractivity contribution in [1.82, 2.24) is 10.2 Å². The molecule has 1 aliphatic heterocycles. The summed E-state index contributed by atoms with van der Waals surface area (Å²) in [5, 5.41) is 14.2. The molecule has 1 aliphatic carbocycles. The van der Waals surface area contributed by atoms with Crippen LogP contribution in [0.1, 0.15) is 12.8 Å². The van der Waals surface area contributed by atoms with Gasteiger partial charge in [-0.1, -0.05) is 11.6 Å². The standard InChI is InChI=1S/C16H24ClN3O/c17-13-1-5-15(6-2-13)20-9-7-19(8-10-20)12-16(21)11-18-14-3-4-14/h1-2,5-6,14,16,18,21H,3-4,7-12H2. The quantitative estimate of drug-likeness (QED) is 0.837. The molecular weight excluding hydrogens is 286 g/mol. The van der Waals surface area contributed by atoms with Crippen LogP contribution in [0.3, 0.4) is 0 Å². The first-order valence-corrected chi connectivity index (χ1v) is 8.23. The Balaban J connectivity index is 1.40. The van der Waals surface area contributed by atoms with Gasteiger partial charge in [0.05, 0.1) is 6.10 Å². The van der Waals surface area contributed by atoms with Crippen molar-refractivity contribution in [2.75, 3.05) is 44.2 Å². The first kappa shape index (κ1) is 15.1. The Morgan fingerprint density at radius 3 is 2.43 bits per heavy atom. The van der Waals surface area contributed by atoms with E-state index in [4.69, 9.17) is 11.6 Å². The number of nitrogens with zero attached hydrogens (tertiary/aromatic N) is 2. The molecule has 1 saturated carbocycles. The predicted octanol–water partition coefficient (Wildman–Crippen LogP) is 1.57. The largest absolute Gasteiger partial charge is 0.390 e. The van der Waals surface area contributed by atoms with Gasteiger partial charge in [-0.25, -0.2) is 0 Å².